The van der Waals surface area contributed by atoms with Crippen molar-refractivity contribution in [3.63, 3.8) is 0 Å². The summed E-state index contributed by atoms with van der Waals surface area (Å²) < 4.78 is 20.7. The van der Waals surface area contributed by atoms with Gasteiger partial charge in [0.1, 0.15) is 0 Å². The number of esters is 1. The predicted octanol–water partition coefficient (Wildman–Crippen LogP) is 1.34. The molecule has 0 bridgehead atoms. The minimum absolute atomic E-state index is 0.276. The van der Waals surface area contributed by atoms with Gasteiger partial charge in [-0.25, -0.2) is 4.79 Å². The first-order valence-electron chi connectivity index (χ1n) is 5.09. The van der Waals surface area contributed by atoms with Crippen LogP contribution in [0.1, 0.15) is 13.3 Å². The SMILES string of the molecule is CO[Si](CCCOC(=O)C(C)=C=S)(OC)OC. The molecule has 0 aromatic heterocycles. The van der Waals surface area contributed by atoms with Gasteiger partial charge < -0.3 is 18.0 Å². The molecule has 17 heavy (non-hydrogen) atoms. The molecule has 0 rings (SSSR count). The van der Waals surface area contributed by atoms with Crippen LogP contribution in [0.15, 0.2) is 5.57 Å². The molecule has 0 aliphatic heterocycles. The van der Waals surface area contributed by atoms with Crippen molar-refractivity contribution in [2.45, 2.75) is 19.4 Å². The van der Waals surface area contributed by atoms with Gasteiger partial charge in [0.05, 0.1) is 12.2 Å². The highest BCUT2D eigenvalue weighted by Gasteiger charge is 2.36. The topological polar surface area (TPSA) is 54.0 Å². The monoisotopic (exact) mass is 278 g/mol. The maximum absolute atomic E-state index is 11.2. The normalized spacial score (nSPS) is 10.8. The zero-order valence-electron chi connectivity index (χ0n) is 10.6. The Morgan fingerprint density at radius 2 is 1.76 bits per heavy atom. The first kappa shape index (κ1) is 16.4. The fraction of sp³-hybridized carbons (Fsp3) is 0.700. The molecule has 0 spiro atoms. The van der Waals surface area contributed by atoms with E-state index in [9.17, 15) is 4.79 Å². The molecule has 98 valence electrons. The van der Waals surface area contributed by atoms with E-state index < -0.39 is 14.8 Å². The highest BCUT2D eigenvalue weighted by atomic mass is 32.1. The molecule has 0 aliphatic rings. The molecule has 0 atom stereocenters. The van der Waals surface area contributed by atoms with Crippen LogP contribution in [0.25, 0.3) is 0 Å². The second kappa shape index (κ2) is 8.52. The molecule has 0 saturated carbocycles. The Balaban J connectivity index is 3.99. The average molecular weight is 278 g/mol. The van der Waals surface area contributed by atoms with Crippen molar-refractivity contribution in [3.05, 3.63) is 5.57 Å². The van der Waals surface area contributed by atoms with E-state index in [1.807, 2.05) is 0 Å². The van der Waals surface area contributed by atoms with E-state index in [0.29, 0.717) is 18.0 Å². The van der Waals surface area contributed by atoms with Crippen molar-refractivity contribution in [3.8, 4) is 0 Å². The third kappa shape index (κ3) is 5.54. The molecule has 0 amide bonds. The Morgan fingerprint density at radius 1 is 1.24 bits per heavy atom. The van der Waals surface area contributed by atoms with Crippen molar-refractivity contribution in [1.82, 2.24) is 0 Å². The fourth-order valence-electron chi connectivity index (χ4n) is 1.16. The summed E-state index contributed by atoms with van der Waals surface area (Å²) in [7, 11) is 2.08. The van der Waals surface area contributed by atoms with Crippen LogP contribution in [0, 0.1) is 0 Å². The number of hydrogen-bond acceptors (Lipinski definition) is 6. The number of hydrogen-bond donors (Lipinski definition) is 0. The van der Waals surface area contributed by atoms with Crippen LogP contribution < -0.4 is 0 Å². The molecule has 0 saturated heterocycles. The van der Waals surface area contributed by atoms with Crippen LogP contribution >= 0.6 is 12.2 Å². The molecule has 0 radical (unpaired) electrons. The van der Waals surface area contributed by atoms with Crippen molar-refractivity contribution < 1.29 is 22.8 Å². The van der Waals surface area contributed by atoms with Gasteiger partial charge in [-0.1, -0.05) is 0 Å². The van der Waals surface area contributed by atoms with Gasteiger partial charge in [0.2, 0.25) is 0 Å². The standard InChI is InChI=1S/C10H18O5SSi/c1-9(8-16)10(11)15-6-5-7-17(12-2,13-3)14-4/h5-7H2,1-4H3. The van der Waals surface area contributed by atoms with E-state index in [1.54, 1.807) is 28.3 Å². The second-order valence-corrected chi connectivity index (χ2v) is 6.56. The van der Waals surface area contributed by atoms with Gasteiger partial charge in [-0.2, -0.15) is 0 Å². The summed E-state index contributed by atoms with van der Waals surface area (Å²) in [6.07, 6.45) is 0.609. The van der Waals surface area contributed by atoms with Gasteiger partial charge in [0.15, 0.2) is 0 Å². The molecular formula is C10H18O5SSi. The maximum Gasteiger partial charge on any atom is 0.500 e. The van der Waals surface area contributed by atoms with Gasteiger partial charge in [-0.15, -0.1) is 0 Å². The van der Waals surface area contributed by atoms with Crippen LogP contribution in [-0.4, -0.2) is 47.7 Å². The molecule has 7 heteroatoms. The lowest BCUT2D eigenvalue weighted by atomic mass is 10.4. The smallest absolute Gasteiger partial charge is 0.462 e. The zero-order valence-corrected chi connectivity index (χ0v) is 12.4. The molecule has 0 fully saturated rings. The van der Waals surface area contributed by atoms with Crippen molar-refractivity contribution >= 4 is 32.0 Å². The summed E-state index contributed by atoms with van der Waals surface area (Å²) in [5, 5.41) is 2.32. The van der Waals surface area contributed by atoms with E-state index in [2.05, 4.69) is 17.2 Å². The summed E-state index contributed by atoms with van der Waals surface area (Å²) in [6, 6.07) is 0.587. The number of thiocarbonyl (C=S) groups is 1. The molecule has 0 aliphatic carbocycles. The van der Waals surface area contributed by atoms with Crippen LogP contribution in [-0.2, 0) is 22.8 Å². The Hall–Kier alpha value is -0.563. The van der Waals surface area contributed by atoms with E-state index >= 15 is 0 Å². The first-order chi connectivity index (χ1) is 8.05. The van der Waals surface area contributed by atoms with Crippen molar-refractivity contribution in [2.75, 3.05) is 27.9 Å². The maximum atomic E-state index is 11.2. The lowest BCUT2D eigenvalue weighted by molar-refractivity contribution is -0.138. The molecule has 0 aromatic carbocycles. The van der Waals surface area contributed by atoms with Crippen LogP contribution in [0.2, 0.25) is 6.04 Å². The van der Waals surface area contributed by atoms with Gasteiger partial charge in [-0.3, -0.25) is 0 Å². The fourth-order valence-corrected chi connectivity index (χ4v) is 2.93. The molecule has 0 aromatic rings. The number of carbonyl (C=O) groups excluding carboxylic acids is 1. The molecule has 0 N–H and O–H groups in total. The van der Waals surface area contributed by atoms with E-state index in [-0.39, 0.29) is 6.61 Å². The quantitative estimate of drug-likeness (QED) is 0.220. The summed E-state index contributed by atoms with van der Waals surface area (Å²) in [5.74, 6) is -0.445. The van der Waals surface area contributed by atoms with Crippen LogP contribution in [0.3, 0.4) is 0 Å². The summed E-state index contributed by atoms with van der Waals surface area (Å²) in [5.41, 5.74) is 0.300. The lowest BCUT2D eigenvalue weighted by Gasteiger charge is -2.24. The number of carbonyl (C=O) groups is 1. The van der Waals surface area contributed by atoms with Gasteiger partial charge in [-0.05, 0) is 30.6 Å². The van der Waals surface area contributed by atoms with Crippen molar-refractivity contribution in [2.24, 2.45) is 0 Å². The van der Waals surface area contributed by atoms with Gasteiger partial charge in [0.25, 0.3) is 0 Å². The Bertz CT molecular complexity index is 289. The minimum Gasteiger partial charge on any atom is -0.462 e. The second-order valence-electron chi connectivity index (χ2n) is 3.26. The number of ether oxygens (including phenoxy) is 1. The third-order valence-corrected chi connectivity index (χ3v) is 5.39. The van der Waals surface area contributed by atoms with Crippen LogP contribution in [0.5, 0.6) is 0 Å². The summed E-state index contributed by atoms with van der Waals surface area (Å²) in [4.78, 5) is 11.2. The molecule has 0 unspecified atom stereocenters. The van der Waals surface area contributed by atoms with Crippen molar-refractivity contribution in [1.29, 1.82) is 0 Å². The average Bonchev–Trinajstić information content (AvgIpc) is 2.38. The van der Waals surface area contributed by atoms with Gasteiger partial charge in [0, 0.05) is 27.4 Å². The summed E-state index contributed by atoms with van der Waals surface area (Å²) >= 11 is 4.50. The Kier molecular flexibility index (Phi) is 8.23. The number of rotatable bonds is 8. The summed E-state index contributed by atoms with van der Waals surface area (Å²) in [6.45, 7) is 1.84. The predicted molar refractivity (Wildman–Crippen MR) is 68.9 cm³/mol. The van der Waals surface area contributed by atoms with E-state index in [1.165, 1.54) is 0 Å². The molecule has 5 nitrogen and oxygen atoms in total. The molecule has 0 heterocycles. The lowest BCUT2D eigenvalue weighted by Crippen LogP contribution is -2.42. The highest BCUT2D eigenvalue weighted by Crippen LogP contribution is 2.14. The minimum atomic E-state index is -2.56. The van der Waals surface area contributed by atoms with E-state index in [4.69, 9.17) is 18.0 Å². The van der Waals surface area contributed by atoms with E-state index in [0.717, 1.165) is 0 Å². The largest absolute Gasteiger partial charge is 0.500 e. The Labute approximate surface area is 108 Å². The van der Waals surface area contributed by atoms with Crippen LogP contribution in [0.4, 0.5) is 0 Å². The van der Waals surface area contributed by atoms with Gasteiger partial charge >= 0.3 is 14.8 Å². The Morgan fingerprint density at radius 3 is 2.18 bits per heavy atom. The first-order valence-corrected chi connectivity index (χ1v) is 7.43. The zero-order chi connectivity index (χ0) is 13.3. The third-order valence-electron chi connectivity index (χ3n) is 2.25. The highest BCUT2D eigenvalue weighted by molar-refractivity contribution is 7.78. The molecular weight excluding hydrogens is 260 g/mol.